The lowest BCUT2D eigenvalue weighted by Gasteiger charge is -2.29. The molecule has 0 aromatic heterocycles. The Bertz CT molecular complexity index is 363. The number of rotatable bonds is 3. The number of esters is 1. The second kappa shape index (κ2) is 7.33. The molecular weight excluding hydrogens is 242 g/mol. The van der Waals surface area contributed by atoms with Crippen LogP contribution in [0.3, 0.4) is 0 Å². The number of methoxy groups -OCH3 is 1. The fraction of sp³-hybridized carbons (Fsp3) is 0.500. The van der Waals surface area contributed by atoms with Crippen LogP contribution in [-0.4, -0.2) is 36.6 Å². The number of hydrogen-bond donors (Lipinski definition) is 1. The van der Waals surface area contributed by atoms with Crippen LogP contribution in [0.1, 0.15) is 30.7 Å². The summed E-state index contributed by atoms with van der Waals surface area (Å²) in [7, 11) is 1.46. The largest absolute Gasteiger partial charge is 0.469 e. The van der Waals surface area contributed by atoms with Gasteiger partial charge in [-0.1, -0.05) is 36.8 Å². The number of carbonyl (C=O) groups is 1. The van der Waals surface area contributed by atoms with Crippen molar-refractivity contribution in [3.63, 3.8) is 0 Å². The highest BCUT2D eigenvalue weighted by Gasteiger charge is 2.31. The van der Waals surface area contributed by atoms with E-state index in [4.69, 9.17) is 4.74 Å². The molecule has 1 aliphatic rings. The van der Waals surface area contributed by atoms with E-state index in [1.54, 1.807) is 0 Å². The maximum absolute atomic E-state index is 11.9. The maximum atomic E-state index is 11.9. The Hall–Kier alpha value is -1.13. The first-order chi connectivity index (χ1) is 8.33. The van der Waals surface area contributed by atoms with E-state index < -0.39 is 0 Å². The van der Waals surface area contributed by atoms with E-state index in [1.807, 2.05) is 30.3 Å². The third-order valence-electron chi connectivity index (χ3n) is 3.36. The first-order valence-corrected chi connectivity index (χ1v) is 6.19. The summed E-state index contributed by atoms with van der Waals surface area (Å²) in [5.41, 5.74) is 1.04. The van der Waals surface area contributed by atoms with E-state index in [-0.39, 0.29) is 28.9 Å². The smallest absolute Gasteiger partial charge is 0.314 e. The third kappa shape index (κ3) is 3.43. The van der Waals surface area contributed by atoms with Crippen molar-refractivity contribution in [2.24, 2.45) is 0 Å². The molecule has 1 heterocycles. The van der Waals surface area contributed by atoms with E-state index in [0.29, 0.717) is 0 Å². The molecule has 4 heteroatoms. The second-order valence-electron chi connectivity index (χ2n) is 4.47. The first kappa shape index (κ1) is 14.9. The van der Waals surface area contributed by atoms with Crippen LogP contribution >= 0.6 is 0 Å². The van der Waals surface area contributed by atoms with E-state index in [1.165, 1.54) is 20.0 Å². The number of ether oxygens (including phenoxy) is 1. The lowest BCUT2D eigenvalue weighted by Crippen LogP contribution is -2.42. The predicted octanol–water partition coefficient (Wildman–Crippen LogP) is 0.634. The van der Waals surface area contributed by atoms with E-state index >= 15 is 0 Å². The highest BCUT2D eigenvalue weighted by molar-refractivity contribution is 5.79. The summed E-state index contributed by atoms with van der Waals surface area (Å²) in [5, 5.41) is 3.43. The van der Waals surface area contributed by atoms with Gasteiger partial charge in [0.1, 0.15) is 0 Å². The van der Waals surface area contributed by atoms with Gasteiger partial charge in [-0.3, -0.25) is 4.79 Å². The SMILES string of the molecule is COC(=O)C(c1ccccc1)C1CCCCN1.[SiH4]. The van der Waals surface area contributed by atoms with Crippen LogP contribution in [0.15, 0.2) is 30.3 Å². The zero-order valence-corrected chi connectivity index (χ0v) is 10.2. The van der Waals surface area contributed by atoms with Gasteiger partial charge in [0.15, 0.2) is 0 Å². The Morgan fingerprint density at radius 2 is 2.06 bits per heavy atom. The molecule has 1 aromatic carbocycles. The van der Waals surface area contributed by atoms with E-state index in [2.05, 4.69) is 5.32 Å². The molecule has 0 saturated carbocycles. The number of nitrogens with one attached hydrogen (secondary N) is 1. The first-order valence-electron chi connectivity index (χ1n) is 6.19. The number of hydrogen-bond acceptors (Lipinski definition) is 3. The Morgan fingerprint density at radius 1 is 1.33 bits per heavy atom. The van der Waals surface area contributed by atoms with Crippen molar-refractivity contribution in [3.8, 4) is 0 Å². The minimum Gasteiger partial charge on any atom is -0.469 e. The average Bonchev–Trinajstić information content (AvgIpc) is 2.41. The molecule has 2 unspecified atom stereocenters. The molecule has 1 aliphatic heterocycles. The van der Waals surface area contributed by atoms with Crippen molar-refractivity contribution in [1.82, 2.24) is 5.32 Å². The van der Waals surface area contributed by atoms with Crippen molar-refractivity contribution in [1.29, 1.82) is 0 Å². The molecular formula is C14H23NO2Si. The van der Waals surface area contributed by atoms with Crippen molar-refractivity contribution in [3.05, 3.63) is 35.9 Å². The molecule has 1 saturated heterocycles. The van der Waals surface area contributed by atoms with Crippen LogP contribution in [0.5, 0.6) is 0 Å². The molecule has 1 N–H and O–H groups in total. The molecule has 1 fully saturated rings. The highest BCUT2D eigenvalue weighted by Crippen LogP contribution is 2.26. The Balaban J connectivity index is 0.00000162. The fourth-order valence-corrected chi connectivity index (χ4v) is 2.48. The molecule has 2 rings (SSSR count). The van der Waals surface area contributed by atoms with Crippen LogP contribution in [0.25, 0.3) is 0 Å². The highest BCUT2D eigenvalue weighted by atomic mass is 28.1. The minimum atomic E-state index is -0.179. The van der Waals surface area contributed by atoms with Crippen LogP contribution in [-0.2, 0) is 9.53 Å². The standard InChI is InChI=1S/C14H19NO2.H4Si/c1-17-14(16)13(11-7-3-2-4-8-11)12-9-5-6-10-15-12;/h2-4,7-8,12-13,15H,5-6,9-10H2,1H3;1H4. The lowest BCUT2D eigenvalue weighted by atomic mass is 9.86. The van der Waals surface area contributed by atoms with Gasteiger partial charge in [-0.15, -0.1) is 0 Å². The predicted molar refractivity (Wildman–Crippen MR) is 78.2 cm³/mol. The Labute approximate surface area is 113 Å². The Morgan fingerprint density at radius 3 is 2.61 bits per heavy atom. The second-order valence-corrected chi connectivity index (χ2v) is 4.47. The normalized spacial score (nSPS) is 20.6. The lowest BCUT2D eigenvalue weighted by molar-refractivity contribution is -0.143. The Kier molecular flexibility index (Phi) is 6.08. The summed E-state index contributed by atoms with van der Waals surface area (Å²) in [6, 6.07) is 10.1. The molecule has 0 amide bonds. The van der Waals surface area contributed by atoms with Crippen molar-refractivity contribution in [2.75, 3.05) is 13.7 Å². The van der Waals surface area contributed by atoms with Gasteiger partial charge >= 0.3 is 5.97 Å². The molecule has 0 radical (unpaired) electrons. The molecule has 18 heavy (non-hydrogen) atoms. The molecule has 100 valence electrons. The van der Waals surface area contributed by atoms with Crippen LogP contribution in [0.4, 0.5) is 0 Å². The van der Waals surface area contributed by atoms with Crippen LogP contribution in [0, 0.1) is 0 Å². The molecule has 3 nitrogen and oxygen atoms in total. The van der Waals surface area contributed by atoms with Gasteiger partial charge in [-0.25, -0.2) is 0 Å². The number of piperidine rings is 1. The number of carbonyl (C=O) groups excluding carboxylic acids is 1. The van der Waals surface area contributed by atoms with Crippen LogP contribution < -0.4 is 5.32 Å². The van der Waals surface area contributed by atoms with E-state index in [9.17, 15) is 4.79 Å². The molecule has 0 spiro atoms. The van der Waals surface area contributed by atoms with Gasteiger partial charge in [0.2, 0.25) is 0 Å². The average molecular weight is 265 g/mol. The summed E-state index contributed by atoms with van der Waals surface area (Å²) in [4.78, 5) is 11.9. The third-order valence-corrected chi connectivity index (χ3v) is 3.36. The van der Waals surface area contributed by atoms with Gasteiger partial charge in [-0.05, 0) is 35.9 Å². The molecule has 2 atom stereocenters. The topological polar surface area (TPSA) is 38.3 Å². The van der Waals surface area contributed by atoms with Crippen molar-refractivity contribution < 1.29 is 9.53 Å². The summed E-state index contributed by atoms with van der Waals surface area (Å²) >= 11 is 0. The van der Waals surface area contributed by atoms with Crippen LogP contribution in [0.2, 0.25) is 0 Å². The maximum Gasteiger partial charge on any atom is 0.314 e. The summed E-state index contributed by atoms with van der Waals surface area (Å²) in [6.45, 7) is 0.991. The van der Waals surface area contributed by atoms with Gasteiger partial charge < -0.3 is 10.1 Å². The van der Waals surface area contributed by atoms with Gasteiger partial charge in [-0.2, -0.15) is 0 Å². The van der Waals surface area contributed by atoms with Gasteiger partial charge in [0.05, 0.1) is 13.0 Å². The zero-order chi connectivity index (χ0) is 12.1. The fourth-order valence-electron chi connectivity index (χ4n) is 2.48. The zero-order valence-electron chi connectivity index (χ0n) is 10.2. The summed E-state index contributed by atoms with van der Waals surface area (Å²) in [6.07, 6.45) is 3.41. The molecule has 1 aromatic rings. The monoisotopic (exact) mass is 265 g/mol. The van der Waals surface area contributed by atoms with E-state index in [0.717, 1.165) is 18.5 Å². The number of benzene rings is 1. The quantitative estimate of drug-likeness (QED) is 0.644. The van der Waals surface area contributed by atoms with Gasteiger partial charge in [0.25, 0.3) is 0 Å². The molecule has 0 aliphatic carbocycles. The van der Waals surface area contributed by atoms with Gasteiger partial charge in [0, 0.05) is 6.04 Å². The summed E-state index contributed by atoms with van der Waals surface area (Å²) in [5.74, 6) is -0.322. The summed E-state index contributed by atoms with van der Waals surface area (Å²) < 4.78 is 4.94. The minimum absolute atomic E-state index is 0. The van der Waals surface area contributed by atoms with Crippen molar-refractivity contribution >= 4 is 16.9 Å². The van der Waals surface area contributed by atoms with Crippen molar-refractivity contribution in [2.45, 2.75) is 31.2 Å². The molecule has 0 bridgehead atoms.